The second-order valence-electron chi connectivity index (χ2n) is 11.6. The summed E-state index contributed by atoms with van der Waals surface area (Å²) in [5.41, 5.74) is 3.30. The van der Waals surface area contributed by atoms with E-state index < -0.39 is 6.10 Å². The Balaban J connectivity index is 1.10. The lowest BCUT2D eigenvalue weighted by Crippen LogP contribution is -2.62. The molecule has 1 amide bonds. The highest BCUT2D eigenvalue weighted by Crippen LogP contribution is 2.62. The van der Waals surface area contributed by atoms with Gasteiger partial charge in [0.25, 0.3) is 0 Å². The first-order valence-corrected chi connectivity index (χ1v) is 13.2. The van der Waals surface area contributed by atoms with E-state index in [4.69, 9.17) is 0 Å². The van der Waals surface area contributed by atoms with E-state index in [1.807, 2.05) is 22.8 Å². The number of hydrogen-bond acceptors (Lipinski definition) is 4. The van der Waals surface area contributed by atoms with Crippen molar-refractivity contribution < 1.29 is 14.3 Å². The highest BCUT2D eigenvalue weighted by molar-refractivity contribution is 5.79. The summed E-state index contributed by atoms with van der Waals surface area (Å²) in [6.07, 6.45) is 12.5. The van der Waals surface area contributed by atoms with Gasteiger partial charge in [0.15, 0.2) is 0 Å². The lowest BCUT2D eigenvalue weighted by atomic mass is 9.46. The number of aromatic nitrogens is 3. The SMILES string of the molecule is O=C(Cc1ccncc1)NC1C2CC3CC1CC(C(O)CC1c4c(F)cccc4-c4cncn41)(C3)C2. The summed E-state index contributed by atoms with van der Waals surface area (Å²) < 4.78 is 17.0. The van der Waals surface area contributed by atoms with Gasteiger partial charge < -0.3 is 15.0 Å². The van der Waals surface area contributed by atoms with Crippen LogP contribution in [0.3, 0.4) is 0 Å². The van der Waals surface area contributed by atoms with E-state index >= 15 is 0 Å². The molecule has 0 spiro atoms. The zero-order chi connectivity index (χ0) is 24.4. The Bertz CT molecular complexity index is 1290. The molecule has 1 aromatic carbocycles. The summed E-state index contributed by atoms with van der Waals surface area (Å²) in [4.78, 5) is 21.2. The average Bonchev–Trinajstić information content (AvgIpc) is 3.45. The summed E-state index contributed by atoms with van der Waals surface area (Å²) in [5, 5.41) is 15.1. The van der Waals surface area contributed by atoms with Crippen molar-refractivity contribution in [1.82, 2.24) is 19.9 Å². The minimum Gasteiger partial charge on any atom is -0.392 e. The molecule has 36 heavy (non-hydrogen) atoms. The van der Waals surface area contributed by atoms with Crippen molar-refractivity contribution in [2.75, 3.05) is 0 Å². The van der Waals surface area contributed by atoms with Gasteiger partial charge in [-0.3, -0.25) is 9.78 Å². The van der Waals surface area contributed by atoms with Gasteiger partial charge in [-0.05, 0) is 85.5 Å². The maximum atomic E-state index is 15.0. The van der Waals surface area contributed by atoms with Crippen LogP contribution in [-0.4, -0.2) is 37.7 Å². The molecule has 4 bridgehead atoms. The zero-order valence-electron chi connectivity index (χ0n) is 20.2. The van der Waals surface area contributed by atoms with E-state index in [2.05, 4.69) is 15.3 Å². The first-order valence-electron chi connectivity index (χ1n) is 13.2. The van der Waals surface area contributed by atoms with Crippen LogP contribution in [0.1, 0.15) is 55.7 Å². The standard InChI is InChI=1S/C29H31FN4O2/c30-22-3-1-2-21-24-15-32-16-34(24)23(27(21)22)11-25(35)29-12-18-8-19(13-29)28(20(9-18)14-29)33-26(36)10-17-4-6-31-7-5-17/h1-7,15-16,18-20,23,25,28,35H,8-14H2,(H,33,36). The van der Waals surface area contributed by atoms with Crippen LogP contribution in [0.15, 0.2) is 55.2 Å². The van der Waals surface area contributed by atoms with Crippen molar-refractivity contribution in [1.29, 1.82) is 0 Å². The van der Waals surface area contributed by atoms with Crippen LogP contribution in [0.2, 0.25) is 0 Å². The number of amides is 1. The molecular formula is C29H31FN4O2. The van der Waals surface area contributed by atoms with Gasteiger partial charge in [0.1, 0.15) is 5.82 Å². The summed E-state index contributed by atoms with van der Waals surface area (Å²) in [6.45, 7) is 0. The molecule has 4 unspecified atom stereocenters. The lowest BCUT2D eigenvalue weighted by Gasteiger charge is -2.61. The first kappa shape index (κ1) is 22.2. The van der Waals surface area contributed by atoms with Crippen molar-refractivity contribution in [3.8, 4) is 11.3 Å². The molecule has 4 aliphatic carbocycles. The predicted octanol–water partition coefficient (Wildman–Crippen LogP) is 4.29. The number of pyridine rings is 1. The fraction of sp³-hybridized carbons (Fsp3) is 0.483. The molecule has 5 aliphatic rings. The molecule has 2 N–H and O–H groups in total. The highest BCUT2D eigenvalue weighted by Gasteiger charge is 2.58. The van der Waals surface area contributed by atoms with Crippen LogP contribution < -0.4 is 5.32 Å². The number of fused-ring (bicyclic) bond motifs is 3. The van der Waals surface area contributed by atoms with Gasteiger partial charge in [-0.2, -0.15) is 0 Å². The molecule has 7 heteroatoms. The number of nitrogens with zero attached hydrogens (tertiary/aromatic N) is 3. The second-order valence-corrected chi connectivity index (χ2v) is 11.6. The number of hydrogen-bond donors (Lipinski definition) is 2. The van der Waals surface area contributed by atoms with E-state index in [9.17, 15) is 14.3 Å². The molecule has 8 rings (SSSR count). The Morgan fingerprint density at radius 1 is 1.14 bits per heavy atom. The van der Waals surface area contributed by atoms with Crippen molar-refractivity contribution in [2.24, 2.45) is 23.2 Å². The molecule has 6 nitrogen and oxygen atoms in total. The number of carbonyl (C=O) groups is 1. The van der Waals surface area contributed by atoms with E-state index in [1.54, 1.807) is 31.0 Å². The third-order valence-corrected chi connectivity index (χ3v) is 9.58. The number of benzene rings is 1. The number of aliphatic hydroxyl groups excluding tert-OH is 1. The molecule has 3 aromatic rings. The van der Waals surface area contributed by atoms with Gasteiger partial charge in [0, 0.05) is 29.6 Å². The Kier molecular flexibility index (Phi) is 5.07. The molecule has 0 radical (unpaired) electrons. The maximum absolute atomic E-state index is 15.0. The number of imidazole rings is 1. The molecule has 4 fully saturated rings. The summed E-state index contributed by atoms with van der Waals surface area (Å²) >= 11 is 0. The third-order valence-electron chi connectivity index (χ3n) is 9.58. The van der Waals surface area contributed by atoms with Crippen molar-refractivity contribution in [3.63, 3.8) is 0 Å². The van der Waals surface area contributed by atoms with Crippen LogP contribution in [-0.2, 0) is 11.2 Å². The summed E-state index contributed by atoms with van der Waals surface area (Å²) in [5.74, 6) is 1.24. The van der Waals surface area contributed by atoms with Crippen molar-refractivity contribution in [3.05, 3.63) is 72.2 Å². The van der Waals surface area contributed by atoms with Crippen LogP contribution in [0.5, 0.6) is 0 Å². The van der Waals surface area contributed by atoms with Crippen molar-refractivity contribution >= 4 is 5.91 Å². The second kappa shape index (κ2) is 8.23. The number of rotatable bonds is 6. The Hall–Kier alpha value is -3.06. The van der Waals surface area contributed by atoms with E-state index in [-0.39, 0.29) is 29.2 Å². The Morgan fingerprint density at radius 3 is 2.69 bits per heavy atom. The third kappa shape index (κ3) is 3.43. The Morgan fingerprint density at radius 2 is 1.92 bits per heavy atom. The zero-order valence-corrected chi connectivity index (χ0v) is 20.2. The molecule has 4 atom stereocenters. The van der Waals surface area contributed by atoms with Gasteiger partial charge in [0.05, 0.1) is 36.8 Å². The van der Waals surface area contributed by atoms with Crippen molar-refractivity contribution in [2.45, 2.75) is 63.1 Å². The van der Waals surface area contributed by atoms with Gasteiger partial charge >= 0.3 is 0 Å². The number of halogens is 1. The summed E-state index contributed by atoms with van der Waals surface area (Å²) in [7, 11) is 0. The first-order chi connectivity index (χ1) is 17.5. The highest BCUT2D eigenvalue weighted by atomic mass is 19.1. The molecule has 186 valence electrons. The van der Waals surface area contributed by atoms with Crippen LogP contribution in [0, 0.1) is 29.0 Å². The number of aliphatic hydroxyl groups is 1. The lowest BCUT2D eigenvalue weighted by molar-refractivity contribution is -0.145. The largest absolute Gasteiger partial charge is 0.392 e. The molecule has 2 aromatic heterocycles. The van der Waals surface area contributed by atoms with E-state index in [0.29, 0.717) is 36.2 Å². The predicted molar refractivity (Wildman–Crippen MR) is 132 cm³/mol. The Labute approximate surface area is 210 Å². The minimum atomic E-state index is -0.523. The minimum absolute atomic E-state index is 0.0685. The summed E-state index contributed by atoms with van der Waals surface area (Å²) in [6, 6.07) is 8.92. The molecule has 4 saturated carbocycles. The van der Waals surface area contributed by atoms with Gasteiger partial charge in [0.2, 0.25) is 5.91 Å². The molecular weight excluding hydrogens is 455 g/mol. The van der Waals surface area contributed by atoms with Crippen LogP contribution in [0.25, 0.3) is 11.3 Å². The maximum Gasteiger partial charge on any atom is 0.224 e. The molecule has 1 aliphatic heterocycles. The molecule has 3 heterocycles. The van der Waals surface area contributed by atoms with Gasteiger partial charge in [-0.15, -0.1) is 0 Å². The normalized spacial score (nSPS) is 32.2. The van der Waals surface area contributed by atoms with Crippen LogP contribution >= 0.6 is 0 Å². The fourth-order valence-electron chi connectivity index (χ4n) is 8.35. The van der Waals surface area contributed by atoms with Gasteiger partial charge in [-0.25, -0.2) is 9.37 Å². The van der Waals surface area contributed by atoms with Crippen LogP contribution in [0.4, 0.5) is 4.39 Å². The van der Waals surface area contributed by atoms with E-state index in [0.717, 1.165) is 48.9 Å². The monoisotopic (exact) mass is 486 g/mol. The van der Waals surface area contributed by atoms with E-state index in [1.165, 1.54) is 6.07 Å². The quantitative estimate of drug-likeness (QED) is 0.545. The number of carbonyl (C=O) groups excluding carboxylic acids is 1. The fourth-order valence-corrected chi connectivity index (χ4v) is 8.35. The molecule has 0 saturated heterocycles. The smallest absolute Gasteiger partial charge is 0.224 e. The average molecular weight is 487 g/mol. The topological polar surface area (TPSA) is 80.0 Å². The van der Waals surface area contributed by atoms with Gasteiger partial charge in [-0.1, -0.05) is 12.1 Å². The number of nitrogens with one attached hydrogen (secondary N) is 1.